The number of carbonyl (C=O) groups excluding carboxylic acids is 3. The summed E-state index contributed by atoms with van der Waals surface area (Å²) in [5.41, 5.74) is -0.589. The molecular weight excluding hydrogens is 356 g/mol. The maximum Gasteiger partial charge on any atom is 0.407 e. The standard InChI is InChI=1S/C18H32N2O7/c1-18(2,3)14(19-17(23)27-9-7-8-24-4)15(21)20-11-12(25-5)10-13(20)16(22)26-6/h12-14H,7-11H2,1-6H3,(H,19,23)/t12-,13+,14-/m1/s1. The Morgan fingerprint density at radius 1 is 1.15 bits per heavy atom. The number of hydrogen-bond acceptors (Lipinski definition) is 7. The van der Waals surface area contributed by atoms with E-state index in [2.05, 4.69) is 5.32 Å². The first-order chi connectivity index (χ1) is 12.6. The van der Waals surface area contributed by atoms with Crippen molar-refractivity contribution in [2.24, 2.45) is 5.41 Å². The molecule has 2 amide bonds. The van der Waals surface area contributed by atoms with Gasteiger partial charge in [-0.05, 0) is 5.41 Å². The van der Waals surface area contributed by atoms with Crippen LogP contribution in [0.4, 0.5) is 4.79 Å². The van der Waals surface area contributed by atoms with Crippen LogP contribution >= 0.6 is 0 Å². The van der Waals surface area contributed by atoms with Crippen molar-refractivity contribution in [1.29, 1.82) is 0 Å². The number of nitrogens with zero attached hydrogens (tertiary/aromatic N) is 1. The molecule has 1 aliphatic rings. The number of methoxy groups -OCH3 is 3. The molecule has 0 aromatic carbocycles. The first-order valence-electron chi connectivity index (χ1n) is 8.99. The van der Waals surface area contributed by atoms with Gasteiger partial charge in [0.15, 0.2) is 0 Å². The van der Waals surface area contributed by atoms with Crippen LogP contribution in [0.15, 0.2) is 0 Å². The van der Waals surface area contributed by atoms with Crippen molar-refractivity contribution in [3.8, 4) is 0 Å². The van der Waals surface area contributed by atoms with Gasteiger partial charge in [-0.15, -0.1) is 0 Å². The third-order valence-corrected chi connectivity index (χ3v) is 4.45. The maximum atomic E-state index is 13.2. The molecule has 0 aromatic heterocycles. The van der Waals surface area contributed by atoms with E-state index in [0.717, 1.165) is 0 Å². The van der Waals surface area contributed by atoms with E-state index in [1.807, 2.05) is 20.8 Å². The minimum absolute atomic E-state index is 0.185. The third kappa shape index (κ3) is 6.66. The highest BCUT2D eigenvalue weighted by molar-refractivity contribution is 5.90. The van der Waals surface area contributed by atoms with Gasteiger partial charge in [0.05, 0.1) is 19.8 Å². The summed E-state index contributed by atoms with van der Waals surface area (Å²) in [4.78, 5) is 38.8. The van der Waals surface area contributed by atoms with Gasteiger partial charge in [0.2, 0.25) is 5.91 Å². The molecular formula is C18H32N2O7. The van der Waals surface area contributed by atoms with E-state index in [9.17, 15) is 14.4 Å². The fraction of sp³-hybridized carbons (Fsp3) is 0.833. The van der Waals surface area contributed by atoms with E-state index in [1.54, 1.807) is 7.11 Å². The summed E-state index contributed by atoms with van der Waals surface area (Å²) in [6, 6.07) is -1.60. The van der Waals surface area contributed by atoms with E-state index in [-0.39, 0.29) is 25.2 Å². The van der Waals surface area contributed by atoms with Gasteiger partial charge in [-0.25, -0.2) is 9.59 Å². The summed E-state index contributed by atoms with van der Waals surface area (Å²) in [5.74, 6) is -0.871. The molecule has 9 heteroatoms. The van der Waals surface area contributed by atoms with Crippen molar-refractivity contribution in [2.75, 3.05) is 41.1 Å². The molecule has 1 saturated heterocycles. The highest BCUT2D eigenvalue weighted by atomic mass is 16.6. The SMILES string of the molecule is COCCCOC(=O)N[C@H](C(=O)N1C[C@H](OC)C[C@H]1C(=O)OC)C(C)(C)C. The molecule has 0 aromatic rings. The highest BCUT2D eigenvalue weighted by Crippen LogP contribution is 2.27. The lowest BCUT2D eigenvalue weighted by Gasteiger charge is -2.34. The minimum atomic E-state index is -0.866. The second-order valence-electron chi connectivity index (χ2n) is 7.55. The lowest BCUT2D eigenvalue weighted by Crippen LogP contribution is -2.57. The quantitative estimate of drug-likeness (QED) is 0.488. The van der Waals surface area contributed by atoms with Crippen LogP contribution in [0, 0.1) is 5.41 Å². The molecule has 27 heavy (non-hydrogen) atoms. The fourth-order valence-corrected chi connectivity index (χ4v) is 2.91. The normalized spacial score (nSPS) is 20.9. The van der Waals surface area contributed by atoms with Crippen molar-refractivity contribution < 1.29 is 33.3 Å². The molecule has 0 unspecified atom stereocenters. The summed E-state index contributed by atoms with van der Waals surface area (Å²) in [7, 11) is 4.38. The third-order valence-electron chi connectivity index (χ3n) is 4.45. The smallest absolute Gasteiger partial charge is 0.407 e. The Morgan fingerprint density at radius 2 is 1.81 bits per heavy atom. The maximum absolute atomic E-state index is 13.2. The van der Waals surface area contributed by atoms with Crippen LogP contribution in [-0.2, 0) is 28.5 Å². The molecule has 1 heterocycles. The molecule has 1 fully saturated rings. The zero-order valence-electron chi connectivity index (χ0n) is 17.1. The monoisotopic (exact) mass is 388 g/mol. The summed E-state index contributed by atoms with van der Waals surface area (Å²) >= 11 is 0. The summed E-state index contributed by atoms with van der Waals surface area (Å²) in [5, 5.41) is 2.63. The minimum Gasteiger partial charge on any atom is -0.467 e. The van der Waals surface area contributed by atoms with Crippen LogP contribution < -0.4 is 5.32 Å². The highest BCUT2D eigenvalue weighted by Gasteiger charge is 2.45. The van der Waals surface area contributed by atoms with Crippen LogP contribution in [-0.4, -0.2) is 82.1 Å². The van der Waals surface area contributed by atoms with Gasteiger partial charge in [0.25, 0.3) is 0 Å². The van der Waals surface area contributed by atoms with E-state index in [1.165, 1.54) is 19.1 Å². The van der Waals surface area contributed by atoms with Gasteiger partial charge in [0, 0.05) is 40.2 Å². The zero-order chi connectivity index (χ0) is 20.6. The fourth-order valence-electron chi connectivity index (χ4n) is 2.91. The number of ether oxygens (including phenoxy) is 4. The van der Waals surface area contributed by atoms with E-state index >= 15 is 0 Å². The summed E-state index contributed by atoms with van der Waals surface area (Å²) in [6.07, 6.45) is -0.0340. The first-order valence-corrected chi connectivity index (χ1v) is 8.99. The largest absolute Gasteiger partial charge is 0.467 e. The van der Waals surface area contributed by atoms with Crippen molar-refractivity contribution in [2.45, 2.75) is 51.8 Å². The summed E-state index contributed by atoms with van der Waals surface area (Å²) < 4.78 is 20.1. The van der Waals surface area contributed by atoms with Gasteiger partial charge in [-0.3, -0.25) is 4.79 Å². The van der Waals surface area contributed by atoms with Crippen LogP contribution in [0.5, 0.6) is 0 Å². The predicted molar refractivity (Wildman–Crippen MR) is 97.2 cm³/mol. The van der Waals surface area contributed by atoms with E-state index < -0.39 is 29.6 Å². The average molecular weight is 388 g/mol. The molecule has 1 rings (SSSR count). The second-order valence-corrected chi connectivity index (χ2v) is 7.55. The Hall–Kier alpha value is -1.87. The molecule has 0 radical (unpaired) electrons. The van der Waals surface area contributed by atoms with Gasteiger partial charge in [0.1, 0.15) is 12.1 Å². The zero-order valence-corrected chi connectivity index (χ0v) is 17.1. The number of esters is 1. The molecule has 0 aliphatic carbocycles. The number of rotatable bonds is 8. The number of hydrogen-bond donors (Lipinski definition) is 1. The molecule has 3 atom stereocenters. The van der Waals surface area contributed by atoms with Crippen molar-refractivity contribution in [3.05, 3.63) is 0 Å². The van der Waals surface area contributed by atoms with Gasteiger partial charge in [-0.1, -0.05) is 20.8 Å². The molecule has 0 saturated carbocycles. The number of alkyl carbamates (subject to hydrolysis) is 1. The lowest BCUT2D eigenvalue weighted by molar-refractivity contribution is -0.152. The second kappa shape index (κ2) is 10.5. The molecule has 1 N–H and O–H groups in total. The Labute approximate surface area is 160 Å². The first kappa shape index (κ1) is 23.2. The Bertz CT molecular complexity index is 518. The van der Waals surface area contributed by atoms with Crippen molar-refractivity contribution in [3.63, 3.8) is 0 Å². The van der Waals surface area contributed by atoms with Crippen molar-refractivity contribution in [1.82, 2.24) is 10.2 Å². The predicted octanol–water partition coefficient (Wildman–Crippen LogP) is 0.953. The molecule has 9 nitrogen and oxygen atoms in total. The molecule has 0 spiro atoms. The van der Waals surface area contributed by atoms with Crippen LogP contribution in [0.25, 0.3) is 0 Å². The van der Waals surface area contributed by atoms with Gasteiger partial charge in [-0.2, -0.15) is 0 Å². The Balaban J connectivity index is 2.87. The van der Waals surface area contributed by atoms with E-state index in [0.29, 0.717) is 19.4 Å². The van der Waals surface area contributed by atoms with Gasteiger partial charge >= 0.3 is 12.1 Å². The number of nitrogens with one attached hydrogen (secondary N) is 1. The topological polar surface area (TPSA) is 103 Å². The number of amides is 2. The Morgan fingerprint density at radius 3 is 2.33 bits per heavy atom. The molecule has 0 bridgehead atoms. The Kier molecular flexibility index (Phi) is 8.98. The van der Waals surface area contributed by atoms with Crippen LogP contribution in [0.1, 0.15) is 33.6 Å². The van der Waals surface area contributed by atoms with Crippen molar-refractivity contribution >= 4 is 18.0 Å². The molecule has 156 valence electrons. The lowest BCUT2D eigenvalue weighted by atomic mass is 9.85. The van der Waals surface area contributed by atoms with Gasteiger partial charge < -0.3 is 29.2 Å². The summed E-state index contributed by atoms with van der Waals surface area (Å²) in [6.45, 7) is 6.41. The number of likely N-dealkylation sites (tertiary alicyclic amines) is 1. The van der Waals surface area contributed by atoms with E-state index in [4.69, 9.17) is 18.9 Å². The average Bonchev–Trinajstić information content (AvgIpc) is 3.05. The number of carbonyl (C=O) groups is 3. The van der Waals surface area contributed by atoms with Crippen LogP contribution in [0.2, 0.25) is 0 Å². The van der Waals surface area contributed by atoms with Crippen LogP contribution in [0.3, 0.4) is 0 Å². The molecule has 1 aliphatic heterocycles.